The Morgan fingerprint density at radius 3 is 2.56 bits per heavy atom. The Hall–Kier alpha value is -1.01. The molecule has 0 aromatic heterocycles. The van der Waals surface area contributed by atoms with E-state index in [1.165, 1.54) is 0 Å². The van der Waals surface area contributed by atoms with E-state index in [1.54, 1.807) is 0 Å². The van der Waals surface area contributed by atoms with Gasteiger partial charge < -0.3 is 5.32 Å². The zero-order valence-electron chi connectivity index (χ0n) is 9.83. The minimum absolute atomic E-state index is 0.0577. The molecule has 0 saturated heterocycles. The number of nitrogens with one attached hydrogen (secondary N) is 1. The van der Waals surface area contributed by atoms with Gasteiger partial charge in [0, 0.05) is 6.04 Å². The Morgan fingerprint density at radius 1 is 1.22 bits per heavy atom. The number of sulfone groups is 1. The van der Waals surface area contributed by atoms with Crippen molar-refractivity contribution in [3.05, 3.63) is 29.8 Å². The van der Waals surface area contributed by atoms with Gasteiger partial charge in [0.2, 0.25) is 0 Å². The molecule has 0 unspecified atom stereocenters. The number of hydrogen-bond acceptors (Lipinski definition) is 3. The Kier molecular flexibility index (Phi) is 3.97. The van der Waals surface area contributed by atoms with E-state index in [4.69, 9.17) is 0 Å². The van der Waals surface area contributed by atoms with Gasteiger partial charge in [0.1, 0.15) is 0 Å². The van der Waals surface area contributed by atoms with E-state index in [2.05, 4.69) is 5.32 Å². The third-order valence-corrected chi connectivity index (χ3v) is 4.65. The fourth-order valence-corrected chi connectivity index (χ4v) is 2.96. The van der Waals surface area contributed by atoms with Gasteiger partial charge in [-0.2, -0.15) is 0 Å². The van der Waals surface area contributed by atoms with Gasteiger partial charge in [-0.15, -0.1) is 0 Å². The van der Waals surface area contributed by atoms with Crippen molar-refractivity contribution in [3.8, 4) is 0 Å². The first kappa shape index (κ1) is 13.4. The summed E-state index contributed by atoms with van der Waals surface area (Å²) in [6, 6.07) is 3.21. The van der Waals surface area contributed by atoms with Crippen molar-refractivity contribution in [1.82, 2.24) is 5.32 Å². The van der Waals surface area contributed by atoms with E-state index in [0.717, 1.165) is 31.0 Å². The van der Waals surface area contributed by atoms with Gasteiger partial charge >= 0.3 is 0 Å². The minimum Gasteiger partial charge on any atom is -0.314 e. The normalized spacial score (nSPS) is 15.9. The lowest BCUT2D eigenvalue weighted by Gasteiger charge is -2.05. The van der Waals surface area contributed by atoms with Crippen LogP contribution in [0.25, 0.3) is 0 Å². The molecule has 0 aliphatic heterocycles. The second-order valence-corrected chi connectivity index (χ2v) is 6.59. The van der Waals surface area contributed by atoms with Gasteiger partial charge in [0.25, 0.3) is 0 Å². The van der Waals surface area contributed by atoms with Crippen molar-refractivity contribution < 1.29 is 17.2 Å². The molecule has 0 heterocycles. The summed E-state index contributed by atoms with van der Waals surface area (Å²) < 4.78 is 49.3. The van der Waals surface area contributed by atoms with Gasteiger partial charge in [-0.25, -0.2) is 17.2 Å². The molecule has 0 atom stereocenters. The monoisotopic (exact) mass is 275 g/mol. The molecule has 0 amide bonds. The maximum atomic E-state index is 13.0. The lowest BCUT2D eigenvalue weighted by atomic mass is 10.3. The molecule has 0 bridgehead atoms. The van der Waals surface area contributed by atoms with E-state index >= 15 is 0 Å². The molecule has 1 fully saturated rings. The predicted molar refractivity (Wildman–Crippen MR) is 64.1 cm³/mol. The zero-order chi connectivity index (χ0) is 13.2. The summed E-state index contributed by atoms with van der Waals surface area (Å²) in [4.78, 5) is -0.159. The molecule has 100 valence electrons. The van der Waals surface area contributed by atoms with Crippen molar-refractivity contribution in [2.75, 3.05) is 12.3 Å². The van der Waals surface area contributed by atoms with Crippen molar-refractivity contribution in [1.29, 1.82) is 0 Å². The van der Waals surface area contributed by atoms with Gasteiger partial charge in [0.05, 0.1) is 10.6 Å². The van der Waals surface area contributed by atoms with Crippen molar-refractivity contribution in [2.45, 2.75) is 30.2 Å². The summed E-state index contributed by atoms with van der Waals surface area (Å²) in [7, 11) is -3.52. The topological polar surface area (TPSA) is 46.2 Å². The van der Waals surface area contributed by atoms with Crippen LogP contribution in [0.4, 0.5) is 8.78 Å². The van der Waals surface area contributed by atoms with Crippen LogP contribution >= 0.6 is 0 Å². The van der Waals surface area contributed by atoms with Gasteiger partial charge in [-0.05, 0) is 44.0 Å². The maximum absolute atomic E-state index is 13.0. The van der Waals surface area contributed by atoms with Crippen molar-refractivity contribution >= 4 is 9.84 Å². The second kappa shape index (κ2) is 5.32. The van der Waals surface area contributed by atoms with Gasteiger partial charge in [-0.3, -0.25) is 0 Å². The smallest absolute Gasteiger partial charge is 0.178 e. The van der Waals surface area contributed by atoms with Crippen LogP contribution < -0.4 is 5.32 Å². The zero-order valence-corrected chi connectivity index (χ0v) is 10.6. The summed E-state index contributed by atoms with van der Waals surface area (Å²) in [6.07, 6.45) is 2.77. The molecule has 1 aromatic carbocycles. The third-order valence-electron chi connectivity index (χ3n) is 2.85. The fourth-order valence-electron chi connectivity index (χ4n) is 1.64. The molecule has 2 rings (SSSR count). The molecule has 3 nitrogen and oxygen atoms in total. The van der Waals surface area contributed by atoms with E-state index in [1.807, 2.05) is 0 Å². The summed E-state index contributed by atoms with van der Waals surface area (Å²) >= 11 is 0. The number of benzene rings is 1. The van der Waals surface area contributed by atoms with Crippen LogP contribution in [-0.2, 0) is 9.84 Å². The standard InChI is InChI=1S/C12H15F2NO2S/c13-11-5-4-10(8-12(11)14)18(16,17)7-1-6-15-9-2-3-9/h4-5,8-9,15H,1-3,6-7H2. The molecule has 1 aromatic rings. The predicted octanol–water partition coefficient (Wildman–Crippen LogP) is 1.88. The quantitative estimate of drug-likeness (QED) is 0.637. The maximum Gasteiger partial charge on any atom is 0.178 e. The molecular weight excluding hydrogens is 260 g/mol. The Balaban J connectivity index is 1.93. The molecule has 1 aliphatic carbocycles. The Morgan fingerprint density at radius 2 is 1.94 bits per heavy atom. The van der Waals surface area contributed by atoms with Crippen LogP contribution in [0.1, 0.15) is 19.3 Å². The molecule has 6 heteroatoms. The summed E-state index contributed by atoms with van der Waals surface area (Å²) in [5, 5.41) is 3.20. The third kappa shape index (κ3) is 3.49. The molecular formula is C12H15F2NO2S. The number of halogens is 2. The summed E-state index contributed by atoms with van der Waals surface area (Å²) in [5.74, 6) is -2.23. The lowest BCUT2D eigenvalue weighted by molar-refractivity contribution is 0.504. The molecule has 1 saturated carbocycles. The Bertz CT molecular complexity index is 527. The van der Waals surface area contributed by atoms with E-state index in [0.29, 0.717) is 19.0 Å². The molecule has 18 heavy (non-hydrogen) atoms. The highest BCUT2D eigenvalue weighted by Crippen LogP contribution is 2.19. The minimum atomic E-state index is -3.52. The fraction of sp³-hybridized carbons (Fsp3) is 0.500. The molecule has 0 radical (unpaired) electrons. The SMILES string of the molecule is O=S(=O)(CCCNC1CC1)c1ccc(F)c(F)c1. The number of hydrogen-bond donors (Lipinski definition) is 1. The van der Waals surface area contributed by atoms with E-state index in [9.17, 15) is 17.2 Å². The highest BCUT2D eigenvalue weighted by atomic mass is 32.2. The Labute approximate surface area is 105 Å². The average molecular weight is 275 g/mol. The molecule has 0 spiro atoms. The lowest BCUT2D eigenvalue weighted by Crippen LogP contribution is -2.20. The highest BCUT2D eigenvalue weighted by molar-refractivity contribution is 7.91. The second-order valence-electron chi connectivity index (χ2n) is 4.48. The summed E-state index contributed by atoms with van der Waals surface area (Å²) in [6.45, 7) is 0.633. The van der Waals surface area contributed by atoms with Crippen LogP contribution in [-0.4, -0.2) is 26.8 Å². The first-order valence-electron chi connectivity index (χ1n) is 5.90. The van der Waals surface area contributed by atoms with Crippen LogP contribution in [0.2, 0.25) is 0 Å². The molecule has 1 N–H and O–H groups in total. The van der Waals surface area contributed by atoms with Crippen LogP contribution in [0, 0.1) is 11.6 Å². The summed E-state index contributed by atoms with van der Waals surface area (Å²) in [5.41, 5.74) is 0. The van der Waals surface area contributed by atoms with Crippen molar-refractivity contribution in [3.63, 3.8) is 0 Å². The van der Waals surface area contributed by atoms with E-state index < -0.39 is 21.5 Å². The van der Waals surface area contributed by atoms with Gasteiger partial charge in [0.15, 0.2) is 21.5 Å². The highest BCUT2D eigenvalue weighted by Gasteiger charge is 2.21. The first-order valence-corrected chi connectivity index (χ1v) is 7.55. The van der Waals surface area contributed by atoms with Crippen LogP contribution in [0.15, 0.2) is 23.1 Å². The van der Waals surface area contributed by atoms with E-state index in [-0.39, 0.29) is 10.6 Å². The van der Waals surface area contributed by atoms with Crippen molar-refractivity contribution in [2.24, 2.45) is 0 Å². The average Bonchev–Trinajstić information content (AvgIpc) is 3.12. The largest absolute Gasteiger partial charge is 0.314 e. The van der Waals surface area contributed by atoms with Crippen LogP contribution in [0.5, 0.6) is 0 Å². The van der Waals surface area contributed by atoms with Crippen LogP contribution in [0.3, 0.4) is 0 Å². The first-order chi connectivity index (χ1) is 8.49. The molecule has 1 aliphatic rings. The van der Waals surface area contributed by atoms with Gasteiger partial charge in [-0.1, -0.05) is 0 Å². The number of rotatable bonds is 6.